The van der Waals surface area contributed by atoms with E-state index in [4.69, 9.17) is 11.5 Å². The van der Waals surface area contributed by atoms with E-state index in [9.17, 15) is 0 Å². The minimum atomic E-state index is -0.0525. The van der Waals surface area contributed by atoms with Gasteiger partial charge in [-0.3, -0.25) is 0 Å². The molecule has 0 aliphatic heterocycles. The Labute approximate surface area is 84.5 Å². The molecule has 5 heteroatoms. The second kappa shape index (κ2) is 4.61. The van der Waals surface area contributed by atoms with Gasteiger partial charge >= 0.3 is 0 Å². The van der Waals surface area contributed by atoms with Gasteiger partial charge < -0.3 is 11.5 Å². The molecular formula is C8H9BrN4. The van der Waals surface area contributed by atoms with Crippen LogP contribution in [-0.4, -0.2) is 12.2 Å². The summed E-state index contributed by atoms with van der Waals surface area (Å²) in [7, 11) is 0. The molecule has 0 spiro atoms. The first-order valence-electron chi connectivity index (χ1n) is 3.56. The minimum absolute atomic E-state index is 0.0525. The van der Waals surface area contributed by atoms with Gasteiger partial charge in [-0.25, -0.2) is 0 Å². The van der Waals surface area contributed by atoms with Crippen LogP contribution < -0.4 is 11.5 Å². The molecule has 1 rings (SSSR count). The molecule has 0 saturated heterocycles. The van der Waals surface area contributed by atoms with Crippen LogP contribution in [0.15, 0.2) is 38.9 Å². The Bertz CT molecular complexity index is 342. The highest BCUT2D eigenvalue weighted by molar-refractivity contribution is 9.10. The quantitative estimate of drug-likeness (QED) is 0.461. The van der Waals surface area contributed by atoms with Crippen molar-refractivity contribution in [2.24, 2.45) is 21.7 Å². The van der Waals surface area contributed by atoms with Crippen LogP contribution in [0, 0.1) is 0 Å². The molecule has 0 aromatic heterocycles. The molecule has 0 bridgehead atoms. The van der Waals surface area contributed by atoms with E-state index >= 15 is 0 Å². The monoisotopic (exact) mass is 240 g/mol. The Morgan fingerprint density at radius 2 is 2.00 bits per heavy atom. The van der Waals surface area contributed by atoms with Crippen LogP contribution in [0.1, 0.15) is 5.56 Å². The van der Waals surface area contributed by atoms with E-state index in [1.807, 2.05) is 24.3 Å². The number of guanidine groups is 1. The average molecular weight is 241 g/mol. The van der Waals surface area contributed by atoms with E-state index < -0.39 is 0 Å². The molecule has 0 saturated carbocycles. The lowest BCUT2D eigenvalue weighted by molar-refractivity contribution is 1.21. The maximum absolute atomic E-state index is 5.10. The molecule has 0 fully saturated rings. The van der Waals surface area contributed by atoms with Gasteiger partial charge in [0.15, 0.2) is 0 Å². The standard InChI is InChI=1S/C8H9BrN4/c9-7-4-2-1-3-6(7)5-12-13-8(10)11/h1-5H,(H4,10,11,13)/b12-5+. The van der Waals surface area contributed by atoms with Crippen LogP contribution in [0.2, 0.25) is 0 Å². The van der Waals surface area contributed by atoms with Crippen molar-refractivity contribution in [2.75, 3.05) is 0 Å². The van der Waals surface area contributed by atoms with Gasteiger partial charge in [0.05, 0.1) is 6.21 Å². The largest absolute Gasteiger partial charge is 0.369 e. The highest BCUT2D eigenvalue weighted by Gasteiger charge is 1.92. The first kappa shape index (κ1) is 9.73. The predicted octanol–water partition coefficient (Wildman–Crippen LogP) is 1.06. The summed E-state index contributed by atoms with van der Waals surface area (Å²) in [5.41, 5.74) is 11.1. The lowest BCUT2D eigenvalue weighted by Gasteiger charge is -1.93. The lowest BCUT2D eigenvalue weighted by Crippen LogP contribution is -2.21. The zero-order valence-corrected chi connectivity index (χ0v) is 8.40. The Balaban J connectivity index is 2.80. The summed E-state index contributed by atoms with van der Waals surface area (Å²) in [6.45, 7) is 0. The van der Waals surface area contributed by atoms with Gasteiger partial charge in [0.1, 0.15) is 0 Å². The predicted molar refractivity (Wildman–Crippen MR) is 57.5 cm³/mol. The van der Waals surface area contributed by atoms with Gasteiger partial charge in [-0.05, 0) is 6.07 Å². The second-order valence-corrected chi connectivity index (χ2v) is 3.15. The number of halogens is 1. The molecule has 0 aliphatic rings. The molecule has 0 heterocycles. The molecule has 4 N–H and O–H groups in total. The van der Waals surface area contributed by atoms with Crippen LogP contribution in [0.3, 0.4) is 0 Å². The topological polar surface area (TPSA) is 76.8 Å². The summed E-state index contributed by atoms with van der Waals surface area (Å²) in [4.78, 5) is 0. The maximum atomic E-state index is 5.10. The lowest BCUT2D eigenvalue weighted by atomic mass is 10.2. The van der Waals surface area contributed by atoms with Crippen molar-refractivity contribution in [2.45, 2.75) is 0 Å². The van der Waals surface area contributed by atoms with Crippen LogP contribution in [0.25, 0.3) is 0 Å². The molecule has 0 unspecified atom stereocenters. The van der Waals surface area contributed by atoms with Gasteiger partial charge in [0, 0.05) is 10.0 Å². The molecule has 4 nitrogen and oxygen atoms in total. The molecule has 13 heavy (non-hydrogen) atoms. The van der Waals surface area contributed by atoms with Crippen molar-refractivity contribution in [1.29, 1.82) is 0 Å². The molecule has 0 aliphatic carbocycles. The van der Waals surface area contributed by atoms with E-state index in [-0.39, 0.29) is 5.96 Å². The van der Waals surface area contributed by atoms with Gasteiger partial charge in [-0.1, -0.05) is 34.1 Å². The third-order valence-electron chi connectivity index (χ3n) is 1.28. The van der Waals surface area contributed by atoms with Crippen LogP contribution in [-0.2, 0) is 0 Å². The molecule has 1 aromatic rings. The van der Waals surface area contributed by atoms with Crippen LogP contribution >= 0.6 is 15.9 Å². The van der Waals surface area contributed by atoms with Crippen LogP contribution in [0.5, 0.6) is 0 Å². The van der Waals surface area contributed by atoms with Gasteiger partial charge in [0.2, 0.25) is 5.96 Å². The maximum Gasteiger partial charge on any atom is 0.211 e. The first-order chi connectivity index (χ1) is 6.20. The number of benzene rings is 1. The summed E-state index contributed by atoms with van der Waals surface area (Å²) in [6, 6.07) is 7.64. The van der Waals surface area contributed by atoms with E-state index in [2.05, 4.69) is 26.1 Å². The normalized spacial score (nSPS) is 10.2. The number of rotatable bonds is 2. The highest BCUT2D eigenvalue weighted by atomic mass is 79.9. The van der Waals surface area contributed by atoms with Gasteiger partial charge in [0.25, 0.3) is 0 Å². The zero-order valence-electron chi connectivity index (χ0n) is 6.81. The van der Waals surface area contributed by atoms with Crippen LogP contribution in [0.4, 0.5) is 0 Å². The van der Waals surface area contributed by atoms with Gasteiger partial charge in [-0.2, -0.15) is 5.10 Å². The minimum Gasteiger partial charge on any atom is -0.369 e. The van der Waals surface area contributed by atoms with E-state index in [0.717, 1.165) is 10.0 Å². The summed E-state index contributed by atoms with van der Waals surface area (Å²) in [5.74, 6) is -0.0525. The molecule has 1 aromatic carbocycles. The van der Waals surface area contributed by atoms with Crippen molar-refractivity contribution in [3.05, 3.63) is 34.3 Å². The SMILES string of the molecule is NC(N)=N/N=C/c1ccccc1Br. The Hall–Kier alpha value is -1.36. The molecular weight excluding hydrogens is 232 g/mol. The summed E-state index contributed by atoms with van der Waals surface area (Å²) in [6.07, 6.45) is 1.57. The van der Waals surface area contributed by atoms with Gasteiger partial charge in [-0.15, -0.1) is 5.10 Å². The number of nitrogens with two attached hydrogens (primary N) is 2. The van der Waals surface area contributed by atoms with Crippen molar-refractivity contribution in [3.63, 3.8) is 0 Å². The summed E-state index contributed by atoms with van der Waals surface area (Å²) in [5, 5.41) is 7.17. The number of hydrogen-bond acceptors (Lipinski definition) is 2. The molecule has 0 radical (unpaired) electrons. The van der Waals surface area contributed by atoms with E-state index in [1.165, 1.54) is 0 Å². The smallest absolute Gasteiger partial charge is 0.211 e. The summed E-state index contributed by atoms with van der Waals surface area (Å²) < 4.78 is 0.949. The second-order valence-electron chi connectivity index (χ2n) is 2.29. The van der Waals surface area contributed by atoms with Crippen molar-refractivity contribution in [1.82, 2.24) is 0 Å². The molecule has 68 valence electrons. The number of hydrogen-bond donors (Lipinski definition) is 2. The third-order valence-corrected chi connectivity index (χ3v) is 2.00. The molecule has 0 amide bonds. The Kier molecular flexibility index (Phi) is 3.45. The van der Waals surface area contributed by atoms with E-state index in [1.54, 1.807) is 6.21 Å². The fourth-order valence-electron chi connectivity index (χ4n) is 0.738. The summed E-state index contributed by atoms with van der Waals surface area (Å²) >= 11 is 3.36. The Morgan fingerprint density at radius 3 is 2.62 bits per heavy atom. The van der Waals surface area contributed by atoms with Crippen molar-refractivity contribution >= 4 is 28.1 Å². The number of nitrogens with zero attached hydrogens (tertiary/aromatic N) is 2. The fraction of sp³-hybridized carbons (Fsp3) is 0. The van der Waals surface area contributed by atoms with E-state index in [0.29, 0.717) is 0 Å². The zero-order chi connectivity index (χ0) is 9.68. The fourth-order valence-corrected chi connectivity index (χ4v) is 1.12. The van der Waals surface area contributed by atoms with Crippen molar-refractivity contribution < 1.29 is 0 Å². The first-order valence-corrected chi connectivity index (χ1v) is 4.36. The molecule has 0 atom stereocenters. The van der Waals surface area contributed by atoms with Crippen molar-refractivity contribution in [3.8, 4) is 0 Å². The highest BCUT2D eigenvalue weighted by Crippen LogP contribution is 2.13. The third kappa shape index (κ3) is 3.25. The average Bonchev–Trinajstić information content (AvgIpc) is 2.08. The Morgan fingerprint density at radius 1 is 1.31 bits per heavy atom.